The van der Waals surface area contributed by atoms with Gasteiger partial charge in [-0.1, -0.05) is 22.0 Å². The van der Waals surface area contributed by atoms with Gasteiger partial charge in [-0.05, 0) is 38.5 Å². The number of piperazine rings is 1. The predicted octanol–water partition coefficient (Wildman–Crippen LogP) is 2.92. The van der Waals surface area contributed by atoms with Crippen molar-refractivity contribution in [1.82, 2.24) is 9.80 Å². The minimum Gasteiger partial charge on any atom is -0.336 e. The molecule has 1 aromatic carbocycles. The molecule has 4 heteroatoms. The summed E-state index contributed by atoms with van der Waals surface area (Å²) in [6.45, 7) is 9.98. The van der Waals surface area contributed by atoms with Gasteiger partial charge in [0.2, 0.25) is 0 Å². The fraction of sp³-hybridized carbons (Fsp3) is 0.533. The summed E-state index contributed by atoms with van der Waals surface area (Å²) in [5.74, 6) is 0.155. The van der Waals surface area contributed by atoms with E-state index < -0.39 is 0 Å². The second kappa shape index (κ2) is 6.06. The van der Waals surface area contributed by atoms with Crippen molar-refractivity contribution in [2.45, 2.75) is 26.8 Å². The Balaban J connectivity index is 2.07. The first-order valence-electron chi connectivity index (χ1n) is 6.79. The van der Waals surface area contributed by atoms with Crippen molar-refractivity contribution in [3.63, 3.8) is 0 Å². The number of rotatable bonds is 2. The summed E-state index contributed by atoms with van der Waals surface area (Å²) >= 11 is 3.49. The van der Waals surface area contributed by atoms with E-state index in [2.05, 4.69) is 34.7 Å². The Morgan fingerprint density at radius 3 is 2.42 bits per heavy atom. The van der Waals surface area contributed by atoms with Crippen LogP contribution in [0.25, 0.3) is 0 Å². The molecule has 1 aliphatic heterocycles. The maximum Gasteiger partial charge on any atom is 0.254 e. The predicted molar refractivity (Wildman–Crippen MR) is 81.5 cm³/mol. The largest absolute Gasteiger partial charge is 0.336 e. The Kier molecular flexibility index (Phi) is 4.63. The lowest BCUT2D eigenvalue weighted by molar-refractivity contribution is 0.0594. The standard InChI is InChI=1S/C15H21BrN2O/c1-11(2)17-7-9-18(10-8-17)15(19)13-5-4-6-14(16)12(13)3/h4-6,11H,7-10H2,1-3H3. The van der Waals surface area contributed by atoms with E-state index >= 15 is 0 Å². The summed E-state index contributed by atoms with van der Waals surface area (Å²) < 4.78 is 0.999. The van der Waals surface area contributed by atoms with Gasteiger partial charge in [0.25, 0.3) is 5.91 Å². The van der Waals surface area contributed by atoms with Gasteiger partial charge in [-0.3, -0.25) is 9.69 Å². The van der Waals surface area contributed by atoms with Crippen LogP contribution in [0.15, 0.2) is 22.7 Å². The average molecular weight is 325 g/mol. The van der Waals surface area contributed by atoms with Crippen LogP contribution in [-0.2, 0) is 0 Å². The van der Waals surface area contributed by atoms with Crippen molar-refractivity contribution in [3.8, 4) is 0 Å². The molecule has 1 saturated heterocycles. The van der Waals surface area contributed by atoms with Crippen LogP contribution in [0.3, 0.4) is 0 Å². The number of amides is 1. The lowest BCUT2D eigenvalue weighted by Crippen LogP contribution is -2.50. The molecule has 1 heterocycles. The summed E-state index contributed by atoms with van der Waals surface area (Å²) in [4.78, 5) is 16.9. The Morgan fingerprint density at radius 1 is 1.21 bits per heavy atom. The first kappa shape index (κ1) is 14.5. The molecule has 3 nitrogen and oxygen atoms in total. The van der Waals surface area contributed by atoms with E-state index in [1.165, 1.54) is 0 Å². The third kappa shape index (κ3) is 3.18. The minimum absolute atomic E-state index is 0.155. The zero-order valence-corrected chi connectivity index (χ0v) is 13.4. The fourth-order valence-corrected chi connectivity index (χ4v) is 2.82. The third-order valence-corrected chi connectivity index (χ3v) is 4.69. The minimum atomic E-state index is 0.155. The first-order valence-corrected chi connectivity index (χ1v) is 7.58. The monoisotopic (exact) mass is 324 g/mol. The van der Waals surface area contributed by atoms with Gasteiger partial charge < -0.3 is 4.90 Å². The van der Waals surface area contributed by atoms with Gasteiger partial charge in [-0.15, -0.1) is 0 Å². The van der Waals surface area contributed by atoms with Gasteiger partial charge in [0, 0.05) is 42.3 Å². The highest BCUT2D eigenvalue weighted by atomic mass is 79.9. The lowest BCUT2D eigenvalue weighted by atomic mass is 10.1. The van der Waals surface area contributed by atoms with E-state index in [0.717, 1.165) is 41.8 Å². The highest BCUT2D eigenvalue weighted by Gasteiger charge is 2.24. The zero-order chi connectivity index (χ0) is 14.0. The van der Waals surface area contributed by atoms with E-state index in [1.54, 1.807) is 0 Å². The van der Waals surface area contributed by atoms with E-state index in [4.69, 9.17) is 0 Å². The van der Waals surface area contributed by atoms with Crippen LogP contribution in [0.4, 0.5) is 0 Å². The van der Waals surface area contributed by atoms with Crippen molar-refractivity contribution >= 4 is 21.8 Å². The van der Waals surface area contributed by atoms with E-state index in [0.29, 0.717) is 6.04 Å². The normalized spacial score (nSPS) is 17.0. The van der Waals surface area contributed by atoms with Crippen LogP contribution < -0.4 is 0 Å². The maximum atomic E-state index is 12.5. The molecule has 1 fully saturated rings. The molecule has 0 bridgehead atoms. The van der Waals surface area contributed by atoms with Crippen LogP contribution in [0, 0.1) is 6.92 Å². The summed E-state index contributed by atoms with van der Waals surface area (Å²) in [7, 11) is 0. The molecule has 2 rings (SSSR count). The van der Waals surface area contributed by atoms with Gasteiger partial charge in [0.05, 0.1) is 0 Å². The van der Waals surface area contributed by atoms with E-state index in [-0.39, 0.29) is 5.91 Å². The molecule has 0 unspecified atom stereocenters. The Hall–Kier alpha value is -0.870. The quantitative estimate of drug-likeness (QED) is 0.835. The number of halogens is 1. The number of hydrogen-bond acceptors (Lipinski definition) is 2. The molecule has 0 aromatic heterocycles. The summed E-state index contributed by atoms with van der Waals surface area (Å²) in [6, 6.07) is 6.37. The Labute approximate surface area is 123 Å². The molecule has 1 aromatic rings. The fourth-order valence-electron chi connectivity index (χ4n) is 2.45. The van der Waals surface area contributed by atoms with Crippen molar-refractivity contribution in [2.75, 3.05) is 26.2 Å². The second-order valence-electron chi connectivity index (χ2n) is 5.33. The van der Waals surface area contributed by atoms with E-state index in [9.17, 15) is 4.79 Å². The van der Waals surface area contributed by atoms with Gasteiger partial charge in [-0.25, -0.2) is 0 Å². The highest BCUT2D eigenvalue weighted by Crippen LogP contribution is 2.21. The molecule has 0 spiro atoms. The number of carbonyl (C=O) groups excluding carboxylic acids is 1. The molecular weight excluding hydrogens is 304 g/mol. The van der Waals surface area contributed by atoms with E-state index in [1.807, 2.05) is 30.0 Å². The first-order chi connectivity index (χ1) is 9.00. The van der Waals surface area contributed by atoms with Crippen LogP contribution >= 0.6 is 15.9 Å². The van der Waals surface area contributed by atoms with Crippen LogP contribution in [0.5, 0.6) is 0 Å². The molecule has 0 atom stereocenters. The van der Waals surface area contributed by atoms with Gasteiger partial charge in [0.15, 0.2) is 0 Å². The molecule has 0 N–H and O–H groups in total. The molecule has 19 heavy (non-hydrogen) atoms. The average Bonchev–Trinajstić information content (AvgIpc) is 2.41. The van der Waals surface area contributed by atoms with Gasteiger partial charge in [0.1, 0.15) is 0 Å². The second-order valence-corrected chi connectivity index (χ2v) is 6.19. The molecule has 0 aliphatic carbocycles. The molecular formula is C15H21BrN2O. The van der Waals surface area contributed by atoms with Crippen molar-refractivity contribution in [1.29, 1.82) is 0 Å². The zero-order valence-electron chi connectivity index (χ0n) is 11.8. The molecule has 0 radical (unpaired) electrons. The van der Waals surface area contributed by atoms with Gasteiger partial charge >= 0.3 is 0 Å². The smallest absolute Gasteiger partial charge is 0.254 e. The van der Waals surface area contributed by atoms with Crippen molar-refractivity contribution in [3.05, 3.63) is 33.8 Å². The molecule has 1 amide bonds. The number of nitrogens with zero attached hydrogens (tertiary/aromatic N) is 2. The number of benzene rings is 1. The van der Waals surface area contributed by atoms with Gasteiger partial charge in [-0.2, -0.15) is 0 Å². The lowest BCUT2D eigenvalue weighted by Gasteiger charge is -2.37. The highest BCUT2D eigenvalue weighted by molar-refractivity contribution is 9.10. The summed E-state index contributed by atoms with van der Waals surface area (Å²) in [5.41, 5.74) is 1.84. The molecule has 1 aliphatic rings. The Morgan fingerprint density at radius 2 is 1.84 bits per heavy atom. The van der Waals surface area contributed by atoms with Crippen LogP contribution in [0.2, 0.25) is 0 Å². The maximum absolute atomic E-state index is 12.5. The number of carbonyl (C=O) groups is 1. The summed E-state index contributed by atoms with van der Waals surface area (Å²) in [6.07, 6.45) is 0. The van der Waals surface area contributed by atoms with Crippen molar-refractivity contribution < 1.29 is 4.79 Å². The Bertz CT molecular complexity index is 465. The SMILES string of the molecule is Cc1c(Br)cccc1C(=O)N1CCN(C(C)C)CC1. The third-order valence-electron chi connectivity index (χ3n) is 3.83. The summed E-state index contributed by atoms with van der Waals surface area (Å²) in [5, 5.41) is 0. The molecule has 104 valence electrons. The topological polar surface area (TPSA) is 23.6 Å². The van der Waals surface area contributed by atoms with Crippen LogP contribution in [-0.4, -0.2) is 47.9 Å². The van der Waals surface area contributed by atoms with Crippen LogP contribution in [0.1, 0.15) is 29.8 Å². The molecule has 0 saturated carbocycles. The van der Waals surface area contributed by atoms with Crippen molar-refractivity contribution in [2.24, 2.45) is 0 Å². The number of hydrogen-bond donors (Lipinski definition) is 0.